The third-order valence-corrected chi connectivity index (χ3v) is 2.81. The smallest absolute Gasteiger partial charge is 0.315 e. The van der Waals surface area contributed by atoms with Gasteiger partial charge in [-0.15, -0.1) is 0 Å². The zero-order chi connectivity index (χ0) is 12.7. The van der Waals surface area contributed by atoms with Gasteiger partial charge in [0.1, 0.15) is 0 Å². The van der Waals surface area contributed by atoms with Gasteiger partial charge in [-0.1, -0.05) is 30.7 Å². The molecule has 0 saturated heterocycles. The van der Waals surface area contributed by atoms with E-state index in [0.717, 1.165) is 23.4 Å². The Morgan fingerprint density at radius 2 is 2.24 bits per heavy atom. The number of amides is 2. The molecule has 1 rings (SSSR count). The predicted octanol–water partition coefficient (Wildman–Crippen LogP) is 2.98. The quantitative estimate of drug-likeness (QED) is 0.833. The van der Waals surface area contributed by atoms with Gasteiger partial charge < -0.3 is 10.6 Å². The van der Waals surface area contributed by atoms with Gasteiger partial charge in [0.15, 0.2) is 0 Å². The molecule has 17 heavy (non-hydrogen) atoms. The predicted molar refractivity (Wildman–Crippen MR) is 71.4 cm³/mol. The third kappa shape index (κ3) is 5.59. The van der Waals surface area contributed by atoms with Crippen LogP contribution in [0, 0.1) is 0 Å². The van der Waals surface area contributed by atoms with Crippen LogP contribution < -0.4 is 10.6 Å². The first-order chi connectivity index (χ1) is 8.11. The molecule has 2 amide bonds. The number of nitrogens with one attached hydrogen (secondary N) is 2. The fourth-order valence-corrected chi connectivity index (χ4v) is 1.60. The molecule has 94 valence electrons. The van der Waals surface area contributed by atoms with Crippen molar-refractivity contribution in [3.8, 4) is 0 Å². The Balaban J connectivity index is 2.26. The second-order valence-electron chi connectivity index (χ2n) is 4.09. The Bertz CT molecular complexity index is 368. The Hall–Kier alpha value is -1.22. The zero-order valence-corrected chi connectivity index (χ0v) is 11.1. The molecule has 0 fully saturated rings. The number of rotatable bonds is 5. The van der Waals surface area contributed by atoms with E-state index in [0.29, 0.717) is 6.54 Å². The summed E-state index contributed by atoms with van der Waals surface area (Å²) in [5, 5.41) is 6.40. The number of urea groups is 1. The molecule has 0 heterocycles. The largest absolute Gasteiger partial charge is 0.338 e. The molecule has 4 heteroatoms. The van der Waals surface area contributed by atoms with Crippen LogP contribution in [0.2, 0.25) is 5.02 Å². The molecule has 1 atom stereocenters. The molecule has 3 nitrogen and oxygen atoms in total. The van der Waals surface area contributed by atoms with Gasteiger partial charge in [-0.3, -0.25) is 0 Å². The lowest BCUT2D eigenvalue weighted by Gasteiger charge is -2.12. The highest BCUT2D eigenvalue weighted by Crippen LogP contribution is 2.10. The lowest BCUT2D eigenvalue weighted by atomic mass is 10.1. The van der Waals surface area contributed by atoms with E-state index >= 15 is 0 Å². The van der Waals surface area contributed by atoms with Crippen molar-refractivity contribution in [2.45, 2.75) is 32.7 Å². The van der Waals surface area contributed by atoms with Crippen molar-refractivity contribution >= 4 is 17.6 Å². The van der Waals surface area contributed by atoms with Crippen molar-refractivity contribution < 1.29 is 4.79 Å². The maximum Gasteiger partial charge on any atom is 0.315 e. The molecule has 0 aliphatic carbocycles. The van der Waals surface area contributed by atoms with Gasteiger partial charge in [-0.25, -0.2) is 4.79 Å². The molecular formula is C13H19ClN2O. The normalized spacial score (nSPS) is 11.9. The third-order valence-electron chi connectivity index (χ3n) is 2.58. The number of halogens is 1. The lowest BCUT2D eigenvalue weighted by molar-refractivity contribution is 0.237. The minimum absolute atomic E-state index is 0.110. The Morgan fingerprint density at radius 3 is 2.88 bits per heavy atom. The van der Waals surface area contributed by atoms with E-state index in [1.54, 1.807) is 0 Å². The van der Waals surface area contributed by atoms with Gasteiger partial charge in [-0.05, 0) is 37.5 Å². The van der Waals surface area contributed by atoms with Crippen molar-refractivity contribution in [3.63, 3.8) is 0 Å². The molecule has 1 aromatic rings. The van der Waals surface area contributed by atoms with Crippen molar-refractivity contribution in [2.75, 3.05) is 6.54 Å². The fourth-order valence-electron chi connectivity index (χ4n) is 1.39. The van der Waals surface area contributed by atoms with Gasteiger partial charge in [0.05, 0.1) is 0 Å². The first kappa shape index (κ1) is 13.8. The van der Waals surface area contributed by atoms with Crippen LogP contribution in [-0.2, 0) is 6.42 Å². The number of hydrogen-bond acceptors (Lipinski definition) is 1. The summed E-state index contributed by atoms with van der Waals surface area (Å²) in [6, 6.07) is 7.77. The highest BCUT2D eigenvalue weighted by Gasteiger charge is 2.03. The minimum Gasteiger partial charge on any atom is -0.338 e. The van der Waals surface area contributed by atoms with Gasteiger partial charge in [0.2, 0.25) is 0 Å². The summed E-state index contributed by atoms with van der Waals surface area (Å²) in [5.41, 5.74) is 1.13. The summed E-state index contributed by atoms with van der Waals surface area (Å²) in [7, 11) is 0. The zero-order valence-electron chi connectivity index (χ0n) is 10.3. The fraction of sp³-hybridized carbons (Fsp3) is 0.462. The van der Waals surface area contributed by atoms with Gasteiger partial charge in [0, 0.05) is 17.6 Å². The summed E-state index contributed by atoms with van der Waals surface area (Å²) in [6.45, 7) is 4.63. The van der Waals surface area contributed by atoms with Crippen LogP contribution in [0.4, 0.5) is 4.79 Å². The van der Waals surface area contributed by atoms with Crippen LogP contribution >= 0.6 is 11.6 Å². The topological polar surface area (TPSA) is 41.1 Å². The first-order valence-electron chi connectivity index (χ1n) is 5.90. The average molecular weight is 255 g/mol. The van der Waals surface area contributed by atoms with Crippen LogP contribution in [-0.4, -0.2) is 18.6 Å². The monoisotopic (exact) mass is 254 g/mol. The van der Waals surface area contributed by atoms with Crippen molar-refractivity contribution in [1.82, 2.24) is 10.6 Å². The molecule has 0 bridgehead atoms. The van der Waals surface area contributed by atoms with Crippen molar-refractivity contribution in [1.29, 1.82) is 0 Å². The second kappa shape index (κ2) is 7.17. The SMILES string of the molecule is CCC(C)NC(=O)NCCc1cccc(Cl)c1. The van der Waals surface area contributed by atoms with Crippen LogP contribution in [0.3, 0.4) is 0 Å². The highest BCUT2D eigenvalue weighted by molar-refractivity contribution is 6.30. The van der Waals surface area contributed by atoms with Gasteiger partial charge >= 0.3 is 6.03 Å². The molecule has 1 aromatic carbocycles. The van der Waals surface area contributed by atoms with Crippen LogP contribution in [0.5, 0.6) is 0 Å². The van der Waals surface area contributed by atoms with E-state index in [4.69, 9.17) is 11.6 Å². The summed E-state index contributed by atoms with van der Waals surface area (Å²) in [5.74, 6) is 0. The van der Waals surface area contributed by atoms with E-state index in [1.165, 1.54) is 0 Å². The summed E-state index contributed by atoms with van der Waals surface area (Å²) >= 11 is 5.87. The van der Waals surface area contributed by atoms with Gasteiger partial charge in [0.25, 0.3) is 0 Å². The van der Waals surface area contributed by atoms with E-state index in [1.807, 2.05) is 38.1 Å². The Morgan fingerprint density at radius 1 is 1.47 bits per heavy atom. The number of hydrogen-bond donors (Lipinski definition) is 2. The highest BCUT2D eigenvalue weighted by atomic mass is 35.5. The number of benzene rings is 1. The Kier molecular flexibility index (Phi) is 5.84. The molecular weight excluding hydrogens is 236 g/mol. The van der Waals surface area contributed by atoms with Crippen LogP contribution in [0.25, 0.3) is 0 Å². The molecule has 0 aromatic heterocycles. The number of carbonyl (C=O) groups excluding carboxylic acids is 1. The van der Waals surface area contributed by atoms with E-state index in [2.05, 4.69) is 10.6 Å². The molecule has 0 radical (unpaired) electrons. The van der Waals surface area contributed by atoms with Crippen LogP contribution in [0.1, 0.15) is 25.8 Å². The Labute approximate surface area is 108 Å². The number of carbonyl (C=O) groups is 1. The van der Waals surface area contributed by atoms with Crippen LogP contribution in [0.15, 0.2) is 24.3 Å². The summed E-state index contributed by atoms with van der Waals surface area (Å²) in [4.78, 5) is 11.4. The standard InChI is InChI=1S/C13H19ClN2O/c1-3-10(2)16-13(17)15-8-7-11-5-4-6-12(14)9-11/h4-6,9-10H,3,7-8H2,1-2H3,(H2,15,16,17). The summed E-state index contributed by atoms with van der Waals surface area (Å²) < 4.78 is 0. The lowest BCUT2D eigenvalue weighted by Crippen LogP contribution is -2.41. The molecule has 0 aliphatic heterocycles. The van der Waals surface area contributed by atoms with Crippen molar-refractivity contribution in [2.24, 2.45) is 0 Å². The average Bonchev–Trinajstić information content (AvgIpc) is 2.29. The maximum atomic E-state index is 11.4. The minimum atomic E-state index is -0.110. The molecule has 1 unspecified atom stereocenters. The molecule has 0 saturated carbocycles. The summed E-state index contributed by atoms with van der Waals surface area (Å²) in [6.07, 6.45) is 1.72. The van der Waals surface area contributed by atoms with E-state index in [9.17, 15) is 4.79 Å². The molecule has 2 N–H and O–H groups in total. The molecule has 0 spiro atoms. The van der Waals surface area contributed by atoms with Gasteiger partial charge in [-0.2, -0.15) is 0 Å². The van der Waals surface area contributed by atoms with E-state index in [-0.39, 0.29) is 12.1 Å². The molecule has 0 aliphatic rings. The first-order valence-corrected chi connectivity index (χ1v) is 6.28. The second-order valence-corrected chi connectivity index (χ2v) is 4.53. The van der Waals surface area contributed by atoms with E-state index < -0.39 is 0 Å². The maximum absolute atomic E-state index is 11.4. The van der Waals surface area contributed by atoms with Crippen molar-refractivity contribution in [3.05, 3.63) is 34.9 Å².